The van der Waals surface area contributed by atoms with Gasteiger partial charge in [0.2, 0.25) is 0 Å². The second kappa shape index (κ2) is 50.6. The summed E-state index contributed by atoms with van der Waals surface area (Å²) in [5.74, 6) is 5.98. The molecule has 13 aromatic rings. The Kier molecular flexibility index (Phi) is 39.3. The second-order valence-electron chi connectivity index (χ2n) is 31.7. The van der Waals surface area contributed by atoms with Crippen LogP contribution in [0, 0.1) is 5.92 Å². The molecule has 5 N–H and O–H groups in total. The van der Waals surface area contributed by atoms with E-state index >= 15 is 0 Å². The lowest BCUT2D eigenvalue weighted by atomic mass is 10.1. The summed E-state index contributed by atoms with van der Waals surface area (Å²) in [6.07, 6.45) is 16.1. The molecule has 1 atom stereocenters. The Morgan fingerprint density at radius 2 is 0.636 bits per heavy atom. The molecule has 0 amide bonds. The molecule has 634 valence electrons. The first-order valence-electron chi connectivity index (χ1n) is 43.1. The van der Waals surface area contributed by atoms with Crippen LogP contribution in [0.15, 0.2) is 182 Å². The van der Waals surface area contributed by atoms with Gasteiger partial charge in [0.1, 0.15) is 34.5 Å². The number of rotatable bonds is 44. The van der Waals surface area contributed by atoms with Crippen molar-refractivity contribution in [2.45, 2.75) is 184 Å². The van der Waals surface area contributed by atoms with Crippen molar-refractivity contribution in [3.63, 3.8) is 0 Å². The lowest BCUT2D eigenvalue weighted by Crippen LogP contribution is -2.19. The van der Waals surface area contributed by atoms with Gasteiger partial charge in [-0.25, -0.2) is 0 Å². The molecule has 21 nitrogen and oxygen atoms in total. The van der Waals surface area contributed by atoms with Crippen LogP contribution in [0.2, 0.25) is 0 Å². The van der Waals surface area contributed by atoms with Gasteiger partial charge in [0.25, 0.3) is 0 Å². The average Bonchev–Trinajstić information content (AvgIpc) is 1.60. The third-order valence-corrected chi connectivity index (χ3v) is 20.5. The van der Waals surface area contributed by atoms with E-state index in [-0.39, 0.29) is 6.10 Å². The summed E-state index contributed by atoms with van der Waals surface area (Å²) >= 11 is 0. The molecule has 0 fully saturated rings. The van der Waals surface area contributed by atoms with Gasteiger partial charge in [-0.15, -0.1) is 0 Å². The van der Waals surface area contributed by atoms with E-state index in [1.165, 1.54) is 86.4 Å². The van der Waals surface area contributed by atoms with Gasteiger partial charge < -0.3 is 52.9 Å². The van der Waals surface area contributed by atoms with Crippen molar-refractivity contribution in [2.75, 3.05) is 101 Å². The van der Waals surface area contributed by atoms with Crippen molar-refractivity contribution in [3.8, 4) is 34.5 Å². The number of para-hydroxylation sites is 1. The molecule has 13 rings (SSSR count). The van der Waals surface area contributed by atoms with E-state index in [0.29, 0.717) is 19.1 Å². The number of aromatic amines is 5. The molecule has 0 aliphatic carbocycles. The summed E-state index contributed by atoms with van der Waals surface area (Å²) in [6.45, 7) is 30.4. The van der Waals surface area contributed by atoms with Gasteiger partial charge in [-0.1, -0.05) is 159 Å². The Morgan fingerprint density at radius 3 is 0.992 bits per heavy atom. The molecule has 0 aliphatic rings. The van der Waals surface area contributed by atoms with E-state index in [9.17, 15) is 0 Å². The highest BCUT2D eigenvalue weighted by Crippen LogP contribution is 2.31. The minimum atomic E-state index is 0.123. The molecule has 0 saturated heterocycles. The first kappa shape index (κ1) is 91.8. The fraction of sp³-hybridized carbons (Fsp3) is 0.454. The number of hydrogen-bond donors (Lipinski definition) is 5. The van der Waals surface area contributed by atoms with Crippen LogP contribution in [-0.2, 0) is 50.3 Å². The second-order valence-corrected chi connectivity index (χ2v) is 31.7. The quantitative estimate of drug-likeness (QED) is 0.0225. The lowest BCUT2D eigenvalue weighted by molar-refractivity contribution is 0.172. The number of nitrogens with one attached hydrogen (secondary N) is 5. The maximum atomic E-state index is 6.17. The molecule has 0 aliphatic heterocycles. The van der Waals surface area contributed by atoms with Crippen LogP contribution in [0.4, 0.5) is 0 Å². The van der Waals surface area contributed by atoms with E-state index in [0.717, 1.165) is 211 Å². The van der Waals surface area contributed by atoms with E-state index in [2.05, 4.69) is 245 Å². The summed E-state index contributed by atoms with van der Waals surface area (Å²) in [4.78, 5) is 11.6. The smallest absolute Gasteiger partial charge is 0.128 e. The van der Waals surface area contributed by atoms with E-state index in [1.807, 2.05) is 103 Å². The van der Waals surface area contributed by atoms with Gasteiger partial charge >= 0.3 is 0 Å². The largest absolute Gasteiger partial charge is 0.494 e. The summed E-state index contributed by atoms with van der Waals surface area (Å²) < 4.78 is 34.7. The predicted octanol–water partition coefficient (Wildman–Crippen LogP) is 21.2. The summed E-state index contributed by atoms with van der Waals surface area (Å²) in [5.41, 5.74) is 13.3. The van der Waals surface area contributed by atoms with Gasteiger partial charge in [-0.2, -0.15) is 25.5 Å². The third-order valence-electron chi connectivity index (χ3n) is 20.5. The molecule has 0 bridgehead atoms. The first-order chi connectivity index (χ1) is 57.5. The topological polar surface area (TPSA) is 215 Å². The highest BCUT2D eigenvalue weighted by molar-refractivity contribution is 5.86. The van der Waals surface area contributed by atoms with Crippen molar-refractivity contribution in [3.05, 3.63) is 222 Å². The van der Waals surface area contributed by atoms with Crippen molar-refractivity contribution in [1.82, 2.24) is 75.5 Å². The molecular weight excluding hydrogens is 1470 g/mol. The van der Waals surface area contributed by atoms with Crippen LogP contribution in [0.5, 0.6) is 34.5 Å². The fourth-order valence-corrected chi connectivity index (χ4v) is 13.7. The van der Waals surface area contributed by atoms with Crippen LogP contribution in [0.3, 0.4) is 0 Å². The Hall–Kier alpha value is -10.1. The van der Waals surface area contributed by atoms with Crippen LogP contribution in [0.25, 0.3) is 54.5 Å². The number of H-pyrrole nitrogens is 5. The normalized spacial score (nSPS) is 11.7. The summed E-state index contributed by atoms with van der Waals surface area (Å²) in [6, 6.07) is 61.3. The van der Waals surface area contributed by atoms with Crippen LogP contribution in [-0.4, -0.2) is 183 Å². The fourth-order valence-electron chi connectivity index (χ4n) is 13.7. The molecular formula is C97H135N15O6. The number of hydrogen-bond acceptors (Lipinski definition) is 16. The summed E-state index contributed by atoms with van der Waals surface area (Å²) in [5, 5.41) is 43.6. The zero-order valence-electron chi connectivity index (χ0n) is 73.2. The molecule has 5 aromatic heterocycles. The number of ether oxygens (including phenoxy) is 6. The van der Waals surface area contributed by atoms with Gasteiger partial charge in [-0.3, -0.25) is 25.5 Å². The van der Waals surface area contributed by atoms with Crippen molar-refractivity contribution in [1.29, 1.82) is 0 Å². The van der Waals surface area contributed by atoms with Crippen LogP contribution in [0.1, 0.15) is 172 Å². The third kappa shape index (κ3) is 31.0. The number of aromatic nitrogens is 10. The number of benzene rings is 8. The zero-order chi connectivity index (χ0) is 83.6. The standard InChI is InChI=1S/C22H29N3O.C21H27N3O.C19H23N3O.C18H29N3O.C17H27N3O2/c1-4-5-13-25(3)16-22-20-15-19(11-12-21(20)23-24-22)26-17(2)14-18-9-7-6-8-10-18;1-3-4-13-24(2)16-21-19-15-18(10-11-20(19)22-23-21)25-14-12-17-8-6-5-7-9-17;1-3-4-12-22(2)14-19-17-13-16(10-11-18(17)20-21-19)23-15-8-6-5-7-9-15;1-5-6-10-21(4)13-18-16-12-15(22-11-9-14(2)3)7-8-17(16)19-20-18;1-4-5-9-20(2)13-17-15-12-14(22-11-6-10-21-3)7-8-16(15)18-19-17/h6-12,15,17H,4-5,13-14,16H2,1-3H3,(H,23,24);5-11,15H,3-4,12-14,16H2,1-2H3,(H,22,23);5-11,13H,3-4,12,14H2,1-2H3,(H,20,21);7-8,12,14H,5-6,9-11,13H2,1-4H3,(H,19,20);7-8,12H,4-6,9-11,13H2,1-3H3,(H,18,19). The SMILES string of the molecule is CCCCN(C)Cc1[nH]nc2ccc(OC(C)Cc3ccccc3)cc12.CCCCN(C)Cc1[nH]nc2ccc(OCCC(C)C)cc12.CCCCN(C)Cc1[nH]nc2ccc(OCCCOC)cc12.CCCCN(C)Cc1[nH]nc2ccc(OCCc3ccccc3)cc12.CCCCN(C)Cc1[nH]nc2ccc(Oc3ccccc3)cc12. The van der Waals surface area contributed by atoms with E-state index < -0.39 is 0 Å². The molecule has 21 heteroatoms. The zero-order valence-corrected chi connectivity index (χ0v) is 73.2. The van der Waals surface area contributed by atoms with Crippen molar-refractivity contribution < 1.29 is 28.4 Å². The van der Waals surface area contributed by atoms with E-state index in [4.69, 9.17) is 28.4 Å². The Balaban J connectivity index is 0.000000168. The van der Waals surface area contributed by atoms with E-state index in [1.54, 1.807) is 7.11 Å². The molecule has 5 heterocycles. The number of methoxy groups -OCH3 is 1. The Morgan fingerprint density at radius 1 is 0.322 bits per heavy atom. The maximum Gasteiger partial charge on any atom is 0.128 e. The van der Waals surface area contributed by atoms with Crippen molar-refractivity contribution >= 4 is 54.5 Å². The highest BCUT2D eigenvalue weighted by Gasteiger charge is 2.17. The lowest BCUT2D eigenvalue weighted by Gasteiger charge is -2.16. The summed E-state index contributed by atoms with van der Waals surface area (Å²) in [7, 11) is 12.5. The molecule has 8 aromatic carbocycles. The molecule has 0 radical (unpaired) electrons. The predicted molar refractivity (Wildman–Crippen MR) is 486 cm³/mol. The molecule has 0 spiro atoms. The number of fused-ring (bicyclic) bond motifs is 5. The minimum absolute atomic E-state index is 0.123. The minimum Gasteiger partial charge on any atom is -0.494 e. The molecule has 118 heavy (non-hydrogen) atoms. The van der Waals surface area contributed by atoms with Gasteiger partial charge in [-0.05, 0) is 234 Å². The number of unbranched alkanes of at least 4 members (excludes halogenated alkanes) is 5. The van der Waals surface area contributed by atoms with Gasteiger partial charge in [0.15, 0.2) is 0 Å². The monoisotopic (exact) mass is 1610 g/mol. The maximum absolute atomic E-state index is 6.17. The van der Waals surface area contributed by atoms with Crippen LogP contribution >= 0.6 is 0 Å². The number of nitrogens with zero attached hydrogens (tertiary/aromatic N) is 10. The van der Waals surface area contributed by atoms with Gasteiger partial charge in [0, 0.05) is 92.6 Å². The van der Waals surface area contributed by atoms with Crippen molar-refractivity contribution in [2.24, 2.45) is 5.92 Å². The Labute approximate surface area is 702 Å². The van der Waals surface area contributed by atoms with Gasteiger partial charge in [0.05, 0.1) is 82.0 Å². The first-order valence-corrected chi connectivity index (χ1v) is 43.1. The molecule has 1 unspecified atom stereocenters. The molecule has 0 saturated carbocycles. The highest BCUT2D eigenvalue weighted by atomic mass is 16.5. The average molecular weight is 1610 g/mol. The van der Waals surface area contributed by atoms with Crippen LogP contribution < -0.4 is 23.7 Å². The Bertz CT molecular complexity index is 4910.